The molecule has 0 radical (unpaired) electrons. The summed E-state index contributed by atoms with van der Waals surface area (Å²) in [5, 5.41) is 3.78. The molecule has 7 aromatic carbocycles. The maximum atomic E-state index is 5.08. The Kier molecular flexibility index (Phi) is 9.16. The summed E-state index contributed by atoms with van der Waals surface area (Å²) in [5.41, 5.74) is 15.0. The van der Waals surface area contributed by atoms with Gasteiger partial charge in [0.1, 0.15) is 5.82 Å². The van der Waals surface area contributed by atoms with Crippen molar-refractivity contribution in [1.29, 1.82) is 0 Å². The van der Waals surface area contributed by atoms with Gasteiger partial charge in [0, 0.05) is 49.3 Å². The van der Waals surface area contributed by atoms with Gasteiger partial charge in [-0.25, -0.2) is 15.0 Å². The molecule has 11 rings (SSSR count). The summed E-state index contributed by atoms with van der Waals surface area (Å²) >= 11 is 1.82. The average molecular weight is 805 g/mol. The maximum absolute atomic E-state index is 5.08. The van der Waals surface area contributed by atoms with Crippen molar-refractivity contribution in [2.24, 2.45) is 0 Å². The van der Waals surface area contributed by atoms with Gasteiger partial charge in [-0.15, -0.1) is 0 Å². The Balaban J connectivity index is 1.05. The van der Waals surface area contributed by atoms with Crippen molar-refractivity contribution < 1.29 is 0 Å². The molecule has 2 aliphatic heterocycles. The minimum absolute atomic E-state index is 0.0878. The third-order valence-corrected chi connectivity index (χ3v) is 12.6. The molecule has 0 spiro atoms. The molecule has 0 saturated carbocycles. The fourth-order valence-corrected chi connectivity index (χ4v) is 9.62. The lowest BCUT2D eigenvalue weighted by Gasteiger charge is -2.38. The number of anilines is 8. The molecule has 1 N–H and O–H groups in total. The second kappa shape index (κ2) is 15.3. The number of rotatable bonds is 7. The predicted octanol–water partition coefficient (Wildman–Crippen LogP) is 15.0. The molecule has 1 aliphatic carbocycles. The molecule has 0 saturated heterocycles. The van der Waals surface area contributed by atoms with E-state index in [4.69, 9.17) is 15.0 Å². The number of nitrogens with zero attached hydrogens (tertiary/aromatic N) is 5. The highest BCUT2D eigenvalue weighted by molar-refractivity contribution is 7.99. The second-order valence-electron chi connectivity index (χ2n) is 15.5. The fraction of sp³-hybridized carbons (Fsp3) is 0.0556. The van der Waals surface area contributed by atoms with Crippen LogP contribution in [0.1, 0.15) is 30.7 Å². The SMILES string of the molecule is C=C(C)c1ccc(N2c3ccccc3Nc3cccc(-c4cccc5c4N(c4ccc(-c6nc(-c7ccccc7)nc(C7C=CC=CC7)n6)cc4)c4ccccc4S5)c32)cc1. The van der Waals surface area contributed by atoms with Crippen LogP contribution in [0.5, 0.6) is 0 Å². The van der Waals surface area contributed by atoms with E-state index in [1.54, 1.807) is 0 Å². The van der Waals surface area contributed by atoms with Gasteiger partial charge in [-0.05, 0) is 91.7 Å². The van der Waals surface area contributed by atoms with Crippen LogP contribution < -0.4 is 15.1 Å². The molecule has 292 valence electrons. The number of hydrogen-bond acceptors (Lipinski definition) is 7. The highest BCUT2D eigenvalue weighted by atomic mass is 32.2. The molecule has 1 atom stereocenters. The van der Waals surface area contributed by atoms with E-state index in [0.29, 0.717) is 11.6 Å². The van der Waals surface area contributed by atoms with Crippen molar-refractivity contribution in [1.82, 2.24) is 15.0 Å². The van der Waals surface area contributed by atoms with Crippen molar-refractivity contribution in [3.63, 3.8) is 0 Å². The highest BCUT2D eigenvalue weighted by Crippen LogP contribution is 2.58. The number of nitrogens with one attached hydrogen (secondary N) is 1. The lowest BCUT2D eigenvalue weighted by molar-refractivity contribution is 0.764. The fourth-order valence-electron chi connectivity index (χ4n) is 8.53. The maximum Gasteiger partial charge on any atom is 0.163 e. The van der Waals surface area contributed by atoms with Crippen molar-refractivity contribution in [3.8, 4) is 33.9 Å². The number of hydrogen-bond donors (Lipinski definition) is 1. The number of para-hydroxylation sites is 5. The Bertz CT molecular complexity index is 3050. The van der Waals surface area contributed by atoms with E-state index in [1.807, 2.05) is 30.0 Å². The lowest BCUT2D eigenvalue weighted by Crippen LogP contribution is -2.20. The van der Waals surface area contributed by atoms with Gasteiger partial charge in [0.15, 0.2) is 11.6 Å². The zero-order valence-electron chi connectivity index (χ0n) is 33.5. The van der Waals surface area contributed by atoms with E-state index < -0.39 is 0 Å². The molecular formula is C54H40N6S. The van der Waals surface area contributed by atoms with Crippen LogP contribution >= 0.6 is 11.8 Å². The Hall–Kier alpha value is -7.48. The molecule has 7 heteroatoms. The van der Waals surface area contributed by atoms with Crippen LogP contribution in [-0.4, -0.2) is 15.0 Å². The molecular weight excluding hydrogens is 765 g/mol. The first kappa shape index (κ1) is 36.6. The van der Waals surface area contributed by atoms with E-state index in [-0.39, 0.29) is 5.92 Å². The normalized spacial score (nSPS) is 14.7. The van der Waals surface area contributed by atoms with Crippen LogP contribution in [0.2, 0.25) is 0 Å². The molecule has 1 aromatic heterocycles. The van der Waals surface area contributed by atoms with E-state index in [1.165, 1.54) is 9.79 Å². The van der Waals surface area contributed by atoms with Gasteiger partial charge in [-0.3, -0.25) is 0 Å². The minimum Gasteiger partial charge on any atom is -0.352 e. The van der Waals surface area contributed by atoms with E-state index in [0.717, 1.165) is 91.1 Å². The molecule has 0 bridgehead atoms. The molecule has 61 heavy (non-hydrogen) atoms. The van der Waals surface area contributed by atoms with Crippen LogP contribution in [0.25, 0.3) is 39.5 Å². The monoisotopic (exact) mass is 804 g/mol. The third-order valence-electron chi connectivity index (χ3n) is 11.5. The first-order chi connectivity index (χ1) is 30.1. The Morgan fingerprint density at radius 2 is 1.18 bits per heavy atom. The van der Waals surface area contributed by atoms with Crippen LogP contribution in [-0.2, 0) is 0 Å². The molecule has 0 amide bonds. The predicted molar refractivity (Wildman–Crippen MR) is 253 cm³/mol. The third kappa shape index (κ3) is 6.60. The zero-order valence-corrected chi connectivity index (χ0v) is 34.4. The molecule has 1 unspecified atom stereocenters. The van der Waals surface area contributed by atoms with Crippen molar-refractivity contribution in [3.05, 3.63) is 206 Å². The van der Waals surface area contributed by atoms with Crippen molar-refractivity contribution in [2.45, 2.75) is 29.1 Å². The Morgan fingerprint density at radius 3 is 1.92 bits per heavy atom. The van der Waals surface area contributed by atoms with Gasteiger partial charge in [-0.1, -0.05) is 139 Å². The van der Waals surface area contributed by atoms with Crippen LogP contribution in [0.15, 0.2) is 204 Å². The number of fused-ring (bicyclic) bond motifs is 4. The number of benzene rings is 7. The van der Waals surface area contributed by atoms with Crippen LogP contribution in [0.4, 0.5) is 45.5 Å². The lowest BCUT2D eigenvalue weighted by atomic mass is 9.95. The second-order valence-corrected chi connectivity index (χ2v) is 16.6. The molecule has 3 aliphatic rings. The van der Waals surface area contributed by atoms with Gasteiger partial charge in [0.2, 0.25) is 0 Å². The van der Waals surface area contributed by atoms with Crippen LogP contribution in [0.3, 0.4) is 0 Å². The van der Waals surface area contributed by atoms with Gasteiger partial charge < -0.3 is 15.1 Å². The van der Waals surface area contributed by atoms with E-state index in [9.17, 15) is 0 Å². The van der Waals surface area contributed by atoms with Gasteiger partial charge >= 0.3 is 0 Å². The summed E-state index contributed by atoms with van der Waals surface area (Å²) in [6, 6.07) is 58.1. The summed E-state index contributed by atoms with van der Waals surface area (Å²) in [5.74, 6) is 2.20. The first-order valence-corrected chi connectivity index (χ1v) is 21.4. The van der Waals surface area contributed by atoms with Gasteiger partial charge in [-0.2, -0.15) is 0 Å². The minimum atomic E-state index is 0.0878. The van der Waals surface area contributed by atoms with Gasteiger partial charge in [0.05, 0.1) is 34.1 Å². The standard InChI is InChI=1S/C54H40N6S/c1-35(2)36-27-31-40(32-28-36)59-46-23-10-9-21-44(46)55-45-22-13-19-42(50(45)59)43-20-14-26-49-51(43)60(47-24-11-12-25-48(47)61-49)41-33-29-39(30-34-41)54-57-52(37-15-5-3-6-16-37)56-53(58-54)38-17-7-4-8-18-38/h3-17,19-34,38,55H,1,18H2,2H3. The van der Waals surface area contributed by atoms with Gasteiger partial charge in [0.25, 0.3) is 0 Å². The zero-order chi connectivity index (χ0) is 40.9. The smallest absolute Gasteiger partial charge is 0.163 e. The topological polar surface area (TPSA) is 57.2 Å². The summed E-state index contributed by atoms with van der Waals surface area (Å²) in [6.45, 7) is 6.25. The molecule has 6 nitrogen and oxygen atoms in total. The average Bonchev–Trinajstić information content (AvgIpc) is 3.32. The molecule has 0 fully saturated rings. The van der Waals surface area contributed by atoms with E-state index >= 15 is 0 Å². The van der Waals surface area contributed by atoms with Crippen molar-refractivity contribution >= 4 is 62.8 Å². The van der Waals surface area contributed by atoms with Crippen molar-refractivity contribution in [2.75, 3.05) is 15.1 Å². The van der Waals surface area contributed by atoms with E-state index in [2.05, 4.69) is 199 Å². The summed E-state index contributed by atoms with van der Waals surface area (Å²) in [6.07, 6.45) is 9.36. The molecule has 3 heterocycles. The quantitative estimate of drug-likeness (QED) is 0.172. The molecule has 8 aromatic rings. The largest absolute Gasteiger partial charge is 0.352 e. The summed E-state index contributed by atoms with van der Waals surface area (Å²) < 4.78 is 0. The summed E-state index contributed by atoms with van der Waals surface area (Å²) in [4.78, 5) is 22.3. The Labute approximate surface area is 360 Å². The number of allylic oxidation sites excluding steroid dienone is 5. The number of aromatic nitrogens is 3. The van der Waals surface area contributed by atoms with Crippen LogP contribution in [0, 0.1) is 0 Å². The first-order valence-electron chi connectivity index (χ1n) is 20.6. The summed E-state index contributed by atoms with van der Waals surface area (Å²) in [7, 11) is 0. The highest BCUT2D eigenvalue weighted by Gasteiger charge is 2.32. The Morgan fingerprint density at radius 1 is 0.574 bits per heavy atom.